The van der Waals surface area contributed by atoms with Crippen molar-refractivity contribution < 1.29 is 9.84 Å². The van der Waals surface area contributed by atoms with E-state index in [0.29, 0.717) is 18.8 Å². The van der Waals surface area contributed by atoms with Crippen LogP contribution in [0.25, 0.3) is 0 Å². The van der Waals surface area contributed by atoms with E-state index in [9.17, 15) is 5.11 Å². The molecule has 0 aromatic rings. The topological polar surface area (TPSA) is 32.7 Å². The van der Waals surface area contributed by atoms with Gasteiger partial charge in [-0.05, 0) is 32.2 Å². The molecule has 1 atom stereocenters. The Morgan fingerprint density at radius 2 is 1.67 bits per heavy atom. The Morgan fingerprint density at radius 3 is 2.39 bits per heavy atom. The van der Waals surface area contributed by atoms with Crippen molar-refractivity contribution in [1.29, 1.82) is 0 Å². The number of likely N-dealkylation sites (tertiary alicyclic amines) is 1. The number of aliphatic hydroxyl groups excluding tert-OH is 1. The maximum absolute atomic E-state index is 9.36. The minimum absolute atomic E-state index is 0.309. The number of piperidine rings is 1. The monoisotopic (exact) mass is 255 g/mol. The quantitative estimate of drug-likeness (QED) is 0.766. The van der Waals surface area contributed by atoms with Gasteiger partial charge in [-0.3, -0.25) is 4.90 Å². The second-order valence-corrected chi connectivity index (χ2v) is 5.85. The molecule has 0 amide bonds. The summed E-state index contributed by atoms with van der Waals surface area (Å²) in [5, 5.41) is 9.36. The predicted molar refractivity (Wildman–Crippen MR) is 73.7 cm³/mol. The summed E-state index contributed by atoms with van der Waals surface area (Å²) in [4.78, 5) is 2.42. The Balaban J connectivity index is 1.63. The van der Waals surface area contributed by atoms with Crippen LogP contribution in [0.2, 0.25) is 0 Å². The molecular formula is C15H29NO2. The van der Waals surface area contributed by atoms with E-state index in [-0.39, 0.29) is 0 Å². The minimum Gasteiger partial charge on any atom is -0.395 e. The van der Waals surface area contributed by atoms with E-state index in [1.165, 1.54) is 51.4 Å². The van der Waals surface area contributed by atoms with Crippen LogP contribution in [-0.4, -0.2) is 48.5 Å². The first-order valence-corrected chi connectivity index (χ1v) is 7.86. The van der Waals surface area contributed by atoms with Crippen molar-refractivity contribution in [2.24, 2.45) is 0 Å². The van der Waals surface area contributed by atoms with Crippen LogP contribution in [0, 0.1) is 0 Å². The molecule has 1 saturated carbocycles. The van der Waals surface area contributed by atoms with Gasteiger partial charge in [0.15, 0.2) is 0 Å². The molecule has 0 spiro atoms. The van der Waals surface area contributed by atoms with Gasteiger partial charge in [0.2, 0.25) is 0 Å². The van der Waals surface area contributed by atoms with E-state index in [1.54, 1.807) is 0 Å². The summed E-state index contributed by atoms with van der Waals surface area (Å²) in [6.07, 6.45) is 12.2. The second-order valence-electron chi connectivity index (χ2n) is 5.85. The highest BCUT2D eigenvalue weighted by Gasteiger charge is 2.21. The van der Waals surface area contributed by atoms with Crippen LogP contribution in [0.1, 0.15) is 57.8 Å². The molecule has 1 unspecified atom stereocenters. The van der Waals surface area contributed by atoms with Crippen molar-refractivity contribution in [3.05, 3.63) is 0 Å². The average Bonchev–Trinajstić information content (AvgIpc) is 2.68. The Kier molecular flexibility index (Phi) is 6.46. The van der Waals surface area contributed by atoms with Gasteiger partial charge in [0.05, 0.1) is 19.3 Å². The SMILES string of the molecule is OCC1CCCCN1CCOC1CCCCCC1. The van der Waals surface area contributed by atoms with Gasteiger partial charge in [0, 0.05) is 12.6 Å². The third-order valence-electron chi connectivity index (χ3n) is 4.49. The average molecular weight is 255 g/mol. The molecule has 0 aromatic heterocycles. The van der Waals surface area contributed by atoms with Gasteiger partial charge in [0.1, 0.15) is 0 Å². The summed E-state index contributed by atoms with van der Waals surface area (Å²) in [7, 11) is 0. The van der Waals surface area contributed by atoms with Gasteiger partial charge in [-0.25, -0.2) is 0 Å². The fourth-order valence-electron chi connectivity index (χ4n) is 3.31. The maximum atomic E-state index is 9.36. The highest BCUT2D eigenvalue weighted by molar-refractivity contribution is 4.76. The maximum Gasteiger partial charge on any atom is 0.0597 e. The molecule has 0 bridgehead atoms. The normalized spacial score (nSPS) is 28.2. The largest absolute Gasteiger partial charge is 0.395 e. The van der Waals surface area contributed by atoms with Crippen LogP contribution in [0.15, 0.2) is 0 Å². The molecule has 2 rings (SSSR count). The van der Waals surface area contributed by atoms with E-state index in [0.717, 1.165) is 26.1 Å². The van der Waals surface area contributed by atoms with Crippen LogP contribution >= 0.6 is 0 Å². The molecular weight excluding hydrogens is 226 g/mol. The summed E-state index contributed by atoms with van der Waals surface area (Å²) < 4.78 is 6.04. The molecule has 1 aliphatic carbocycles. The van der Waals surface area contributed by atoms with Gasteiger partial charge >= 0.3 is 0 Å². The van der Waals surface area contributed by atoms with Crippen molar-refractivity contribution >= 4 is 0 Å². The van der Waals surface area contributed by atoms with Crippen LogP contribution in [0.3, 0.4) is 0 Å². The predicted octanol–water partition coefficient (Wildman–Crippen LogP) is 2.57. The lowest BCUT2D eigenvalue weighted by Gasteiger charge is -2.34. The third kappa shape index (κ3) is 4.52. The van der Waals surface area contributed by atoms with Crippen LogP contribution in [0.4, 0.5) is 0 Å². The molecule has 1 N–H and O–H groups in total. The fraction of sp³-hybridized carbons (Fsp3) is 1.00. The van der Waals surface area contributed by atoms with Gasteiger partial charge in [-0.2, -0.15) is 0 Å². The number of rotatable bonds is 5. The molecule has 1 heterocycles. The molecule has 0 aromatic carbocycles. The Labute approximate surface area is 112 Å². The second kappa shape index (κ2) is 8.13. The molecule has 18 heavy (non-hydrogen) atoms. The van der Waals surface area contributed by atoms with E-state index >= 15 is 0 Å². The van der Waals surface area contributed by atoms with Crippen molar-refractivity contribution in [3.63, 3.8) is 0 Å². The molecule has 0 radical (unpaired) electrons. The Morgan fingerprint density at radius 1 is 0.944 bits per heavy atom. The van der Waals surface area contributed by atoms with Crippen molar-refractivity contribution in [2.75, 3.05) is 26.3 Å². The van der Waals surface area contributed by atoms with Crippen LogP contribution in [-0.2, 0) is 4.74 Å². The van der Waals surface area contributed by atoms with Crippen molar-refractivity contribution in [2.45, 2.75) is 69.9 Å². The number of hydrogen-bond donors (Lipinski definition) is 1. The summed E-state index contributed by atoms with van der Waals surface area (Å²) in [5.41, 5.74) is 0. The highest BCUT2D eigenvalue weighted by atomic mass is 16.5. The number of nitrogens with zero attached hydrogens (tertiary/aromatic N) is 1. The zero-order chi connectivity index (χ0) is 12.6. The number of ether oxygens (including phenoxy) is 1. The summed E-state index contributed by atoms with van der Waals surface area (Å²) in [5.74, 6) is 0. The number of aliphatic hydroxyl groups is 1. The lowest BCUT2D eigenvalue weighted by Crippen LogP contribution is -2.43. The third-order valence-corrected chi connectivity index (χ3v) is 4.49. The molecule has 3 heteroatoms. The van der Waals surface area contributed by atoms with E-state index < -0.39 is 0 Å². The first-order valence-electron chi connectivity index (χ1n) is 7.86. The van der Waals surface area contributed by atoms with Crippen LogP contribution in [0.5, 0.6) is 0 Å². The lowest BCUT2D eigenvalue weighted by molar-refractivity contribution is 0.00813. The molecule has 1 saturated heterocycles. The Bertz CT molecular complexity index is 215. The van der Waals surface area contributed by atoms with E-state index in [4.69, 9.17) is 4.74 Å². The summed E-state index contributed by atoms with van der Waals surface area (Å²) in [6, 6.07) is 0.386. The molecule has 2 fully saturated rings. The molecule has 3 nitrogen and oxygen atoms in total. The van der Waals surface area contributed by atoms with Crippen molar-refractivity contribution in [3.8, 4) is 0 Å². The minimum atomic E-state index is 0.309. The summed E-state index contributed by atoms with van der Waals surface area (Å²) >= 11 is 0. The summed E-state index contributed by atoms with van der Waals surface area (Å²) in [6.45, 7) is 3.30. The highest BCUT2D eigenvalue weighted by Crippen LogP contribution is 2.20. The van der Waals surface area contributed by atoms with Crippen molar-refractivity contribution in [1.82, 2.24) is 4.90 Å². The van der Waals surface area contributed by atoms with Gasteiger partial charge in [0.25, 0.3) is 0 Å². The fourth-order valence-corrected chi connectivity index (χ4v) is 3.31. The lowest BCUT2D eigenvalue weighted by atomic mass is 10.0. The van der Waals surface area contributed by atoms with Gasteiger partial charge < -0.3 is 9.84 Å². The molecule has 1 aliphatic heterocycles. The van der Waals surface area contributed by atoms with Crippen LogP contribution < -0.4 is 0 Å². The first kappa shape index (κ1) is 14.3. The first-order chi connectivity index (χ1) is 8.90. The smallest absolute Gasteiger partial charge is 0.0597 e. The molecule has 106 valence electrons. The standard InChI is InChI=1S/C15H29NO2/c17-13-14-7-5-6-10-16(14)11-12-18-15-8-3-1-2-4-9-15/h14-15,17H,1-13H2. The zero-order valence-electron chi connectivity index (χ0n) is 11.6. The van der Waals surface area contributed by atoms with Gasteiger partial charge in [-0.15, -0.1) is 0 Å². The zero-order valence-corrected chi connectivity index (χ0v) is 11.6. The van der Waals surface area contributed by atoms with Gasteiger partial charge in [-0.1, -0.05) is 32.1 Å². The molecule has 2 aliphatic rings. The Hall–Kier alpha value is -0.120. The number of hydrogen-bond acceptors (Lipinski definition) is 3. The van der Waals surface area contributed by atoms with E-state index in [1.807, 2.05) is 0 Å². The van der Waals surface area contributed by atoms with E-state index in [2.05, 4.69) is 4.90 Å².